The highest BCUT2D eigenvalue weighted by Gasteiger charge is 2.16. The summed E-state index contributed by atoms with van der Waals surface area (Å²) in [6, 6.07) is 24.4. The van der Waals surface area contributed by atoms with Crippen LogP contribution in [0.5, 0.6) is 11.5 Å². The van der Waals surface area contributed by atoms with Crippen LogP contribution in [-0.2, 0) is 0 Å². The van der Waals surface area contributed by atoms with Gasteiger partial charge >= 0.3 is 0 Å². The number of hydrogen-bond donors (Lipinski definition) is 0. The molecule has 0 aliphatic heterocycles. The first-order chi connectivity index (χ1) is 10.8. The van der Waals surface area contributed by atoms with Crippen molar-refractivity contribution >= 4 is 5.78 Å². The monoisotopic (exact) mass is 288 g/mol. The molecule has 0 atom stereocenters. The first kappa shape index (κ1) is 14.1. The Morgan fingerprint density at radius 2 is 1.41 bits per heavy atom. The lowest BCUT2D eigenvalue weighted by Crippen LogP contribution is -2.04. The van der Waals surface area contributed by atoms with Crippen LogP contribution in [0.4, 0.5) is 0 Å². The van der Waals surface area contributed by atoms with Crippen LogP contribution in [0.3, 0.4) is 0 Å². The SMILES string of the molecule is Cc1cccc(C(=O)c2ccccc2)c1Oc1ccccc1. The van der Waals surface area contributed by atoms with Crippen molar-refractivity contribution in [3.05, 3.63) is 95.6 Å². The number of para-hydroxylation sites is 2. The molecule has 0 aromatic heterocycles. The molecule has 108 valence electrons. The predicted molar refractivity (Wildman–Crippen MR) is 87.6 cm³/mol. The lowest BCUT2D eigenvalue weighted by molar-refractivity contribution is 0.103. The van der Waals surface area contributed by atoms with Gasteiger partial charge in [0, 0.05) is 5.56 Å². The number of aryl methyl sites for hydroxylation is 1. The molecular formula is C20H16O2. The van der Waals surface area contributed by atoms with Crippen molar-refractivity contribution in [2.24, 2.45) is 0 Å². The second-order valence-corrected chi connectivity index (χ2v) is 5.06. The summed E-state index contributed by atoms with van der Waals surface area (Å²) in [5, 5.41) is 0. The van der Waals surface area contributed by atoms with Crippen molar-refractivity contribution in [2.75, 3.05) is 0 Å². The van der Waals surface area contributed by atoms with E-state index in [4.69, 9.17) is 4.74 Å². The summed E-state index contributed by atoms with van der Waals surface area (Å²) < 4.78 is 5.96. The Morgan fingerprint density at radius 1 is 0.773 bits per heavy atom. The van der Waals surface area contributed by atoms with Crippen LogP contribution in [0.2, 0.25) is 0 Å². The van der Waals surface area contributed by atoms with Crippen LogP contribution in [0.1, 0.15) is 21.5 Å². The fourth-order valence-corrected chi connectivity index (χ4v) is 2.32. The van der Waals surface area contributed by atoms with Crippen LogP contribution in [0.25, 0.3) is 0 Å². The number of carbonyl (C=O) groups is 1. The molecule has 3 rings (SSSR count). The minimum Gasteiger partial charge on any atom is -0.456 e. The predicted octanol–water partition coefficient (Wildman–Crippen LogP) is 5.02. The Morgan fingerprint density at radius 3 is 2.09 bits per heavy atom. The molecule has 22 heavy (non-hydrogen) atoms. The molecule has 0 radical (unpaired) electrons. The number of ketones is 1. The summed E-state index contributed by atoms with van der Waals surface area (Å²) in [4.78, 5) is 12.7. The van der Waals surface area contributed by atoms with Crippen LogP contribution in [0.15, 0.2) is 78.9 Å². The number of ether oxygens (including phenoxy) is 1. The van der Waals surface area contributed by atoms with Crippen molar-refractivity contribution in [3.63, 3.8) is 0 Å². The molecule has 0 bridgehead atoms. The maximum atomic E-state index is 12.7. The van der Waals surface area contributed by atoms with Gasteiger partial charge in [-0.2, -0.15) is 0 Å². The van der Waals surface area contributed by atoms with Crippen molar-refractivity contribution < 1.29 is 9.53 Å². The van der Waals surface area contributed by atoms with Gasteiger partial charge in [-0.25, -0.2) is 0 Å². The Labute approximate surface area is 130 Å². The Kier molecular flexibility index (Phi) is 4.01. The lowest BCUT2D eigenvalue weighted by atomic mass is 10.0. The number of rotatable bonds is 4. The number of hydrogen-bond acceptors (Lipinski definition) is 2. The molecule has 2 nitrogen and oxygen atoms in total. The molecule has 0 spiro atoms. The van der Waals surface area contributed by atoms with E-state index in [1.807, 2.05) is 79.7 Å². The highest BCUT2D eigenvalue weighted by Crippen LogP contribution is 2.30. The van der Waals surface area contributed by atoms with Gasteiger partial charge in [-0.1, -0.05) is 60.7 Å². The van der Waals surface area contributed by atoms with Crippen molar-refractivity contribution in [2.45, 2.75) is 6.92 Å². The maximum Gasteiger partial charge on any atom is 0.196 e. The molecule has 0 saturated heterocycles. The molecule has 0 N–H and O–H groups in total. The number of benzene rings is 3. The summed E-state index contributed by atoms with van der Waals surface area (Å²) in [5.74, 6) is 1.30. The molecule has 2 heteroatoms. The molecule has 0 saturated carbocycles. The van der Waals surface area contributed by atoms with Gasteiger partial charge in [0.05, 0.1) is 5.56 Å². The summed E-state index contributed by atoms with van der Waals surface area (Å²) in [6.07, 6.45) is 0. The molecule has 0 unspecified atom stereocenters. The zero-order chi connectivity index (χ0) is 15.4. The minimum atomic E-state index is -0.0322. The normalized spacial score (nSPS) is 10.2. The van der Waals surface area contributed by atoms with E-state index < -0.39 is 0 Å². The van der Waals surface area contributed by atoms with Gasteiger partial charge in [0.25, 0.3) is 0 Å². The summed E-state index contributed by atoms with van der Waals surface area (Å²) in [7, 11) is 0. The average Bonchev–Trinajstić information content (AvgIpc) is 2.58. The van der Waals surface area contributed by atoms with Gasteiger partial charge in [0.2, 0.25) is 0 Å². The molecule has 0 fully saturated rings. The third kappa shape index (κ3) is 2.91. The first-order valence-corrected chi connectivity index (χ1v) is 7.18. The second-order valence-electron chi connectivity index (χ2n) is 5.06. The highest BCUT2D eigenvalue weighted by molar-refractivity contribution is 6.11. The maximum absolute atomic E-state index is 12.7. The lowest BCUT2D eigenvalue weighted by Gasteiger charge is -2.13. The Balaban J connectivity index is 2.02. The van der Waals surface area contributed by atoms with Crippen molar-refractivity contribution in [1.29, 1.82) is 0 Å². The van der Waals surface area contributed by atoms with Gasteiger partial charge in [-0.15, -0.1) is 0 Å². The van der Waals surface area contributed by atoms with E-state index in [1.165, 1.54) is 0 Å². The summed E-state index contributed by atoms with van der Waals surface area (Å²) in [6.45, 7) is 1.94. The van der Waals surface area contributed by atoms with E-state index in [0.29, 0.717) is 16.9 Å². The van der Waals surface area contributed by atoms with Gasteiger partial charge < -0.3 is 4.74 Å². The zero-order valence-electron chi connectivity index (χ0n) is 12.3. The molecular weight excluding hydrogens is 272 g/mol. The molecule has 0 amide bonds. The van der Waals surface area contributed by atoms with E-state index in [2.05, 4.69) is 0 Å². The van der Waals surface area contributed by atoms with Crippen molar-refractivity contribution in [3.8, 4) is 11.5 Å². The van der Waals surface area contributed by atoms with E-state index >= 15 is 0 Å². The first-order valence-electron chi connectivity index (χ1n) is 7.18. The van der Waals surface area contributed by atoms with E-state index in [-0.39, 0.29) is 5.78 Å². The van der Waals surface area contributed by atoms with Crippen LogP contribution in [0, 0.1) is 6.92 Å². The van der Waals surface area contributed by atoms with Gasteiger partial charge in [-0.05, 0) is 30.7 Å². The second kappa shape index (κ2) is 6.27. The topological polar surface area (TPSA) is 26.3 Å². The summed E-state index contributed by atoms with van der Waals surface area (Å²) in [5.41, 5.74) is 2.17. The van der Waals surface area contributed by atoms with Crippen LogP contribution >= 0.6 is 0 Å². The van der Waals surface area contributed by atoms with E-state index in [0.717, 1.165) is 11.3 Å². The third-order valence-electron chi connectivity index (χ3n) is 3.46. The van der Waals surface area contributed by atoms with E-state index in [9.17, 15) is 4.79 Å². The Hall–Kier alpha value is -2.87. The fraction of sp³-hybridized carbons (Fsp3) is 0.0500. The quantitative estimate of drug-likeness (QED) is 0.630. The van der Waals surface area contributed by atoms with E-state index in [1.54, 1.807) is 6.07 Å². The average molecular weight is 288 g/mol. The van der Waals surface area contributed by atoms with Gasteiger partial charge in [-0.3, -0.25) is 4.79 Å². The smallest absolute Gasteiger partial charge is 0.196 e. The molecule has 3 aromatic rings. The Bertz CT molecular complexity index is 777. The largest absolute Gasteiger partial charge is 0.456 e. The highest BCUT2D eigenvalue weighted by atomic mass is 16.5. The molecule has 0 heterocycles. The van der Waals surface area contributed by atoms with Crippen LogP contribution in [-0.4, -0.2) is 5.78 Å². The van der Waals surface area contributed by atoms with Gasteiger partial charge in [0.1, 0.15) is 11.5 Å². The minimum absolute atomic E-state index is 0.0322. The molecule has 3 aromatic carbocycles. The van der Waals surface area contributed by atoms with Crippen LogP contribution < -0.4 is 4.74 Å². The fourth-order valence-electron chi connectivity index (χ4n) is 2.32. The number of carbonyl (C=O) groups excluding carboxylic acids is 1. The standard InChI is InChI=1S/C20H16O2/c1-15-9-8-14-18(19(21)16-10-4-2-5-11-16)20(15)22-17-12-6-3-7-13-17/h2-14H,1H3. The molecule has 0 aliphatic rings. The van der Waals surface area contributed by atoms with Gasteiger partial charge in [0.15, 0.2) is 5.78 Å². The summed E-state index contributed by atoms with van der Waals surface area (Å²) >= 11 is 0. The van der Waals surface area contributed by atoms with Crippen molar-refractivity contribution in [1.82, 2.24) is 0 Å². The molecule has 0 aliphatic carbocycles. The third-order valence-corrected chi connectivity index (χ3v) is 3.46. The zero-order valence-corrected chi connectivity index (χ0v) is 12.3.